The Morgan fingerprint density at radius 3 is 2.62 bits per heavy atom. The van der Waals surface area contributed by atoms with Crippen molar-refractivity contribution in [3.63, 3.8) is 0 Å². The van der Waals surface area contributed by atoms with Gasteiger partial charge in [0, 0.05) is 12.1 Å². The smallest absolute Gasteiger partial charge is 0.329 e. The monoisotopic (exact) mass is 351 g/mol. The summed E-state index contributed by atoms with van der Waals surface area (Å²) in [5, 5.41) is 0.402. The molecule has 1 aromatic heterocycles. The summed E-state index contributed by atoms with van der Waals surface area (Å²) in [6.45, 7) is -0.672. The number of halogens is 1. The first-order chi connectivity index (χ1) is 11.3. The lowest BCUT2D eigenvalue weighted by molar-refractivity contribution is -0.141. The van der Waals surface area contributed by atoms with Crippen molar-refractivity contribution in [3.05, 3.63) is 61.3 Å². The first-order valence-corrected chi connectivity index (χ1v) is 7.20. The SMILES string of the molecule is Cn1c(N)c(C(=O)COC(=O)Cc2ccccc2Cl)c(=O)[nH]c1=O. The average molecular weight is 352 g/mol. The number of hydrogen-bond donors (Lipinski definition) is 2. The molecule has 1 heterocycles. The van der Waals surface area contributed by atoms with Crippen LogP contribution >= 0.6 is 11.6 Å². The van der Waals surface area contributed by atoms with Gasteiger partial charge in [0.15, 0.2) is 6.61 Å². The van der Waals surface area contributed by atoms with Crippen molar-refractivity contribution < 1.29 is 14.3 Å². The van der Waals surface area contributed by atoms with Crippen LogP contribution in [0.1, 0.15) is 15.9 Å². The molecule has 0 saturated carbocycles. The highest BCUT2D eigenvalue weighted by molar-refractivity contribution is 6.31. The van der Waals surface area contributed by atoms with Crippen LogP contribution in [-0.4, -0.2) is 27.9 Å². The largest absolute Gasteiger partial charge is 0.457 e. The highest BCUT2D eigenvalue weighted by Crippen LogP contribution is 2.15. The number of carbonyl (C=O) groups excluding carboxylic acids is 2. The van der Waals surface area contributed by atoms with Crippen LogP contribution in [0.15, 0.2) is 33.9 Å². The molecule has 2 rings (SSSR count). The maximum absolute atomic E-state index is 12.1. The lowest BCUT2D eigenvalue weighted by atomic mass is 10.1. The van der Waals surface area contributed by atoms with Crippen molar-refractivity contribution >= 4 is 29.2 Å². The molecule has 0 spiro atoms. The molecule has 0 fully saturated rings. The lowest BCUT2D eigenvalue weighted by Crippen LogP contribution is -2.35. The zero-order valence-corrected chi connectivity index (χ0v) is 13.4. The Morgan fingerprint density at radius 1 is 1.29 bits per heavy atom. The molecule has 126 valence electrons. The van der Waals surface area contributed by atoms with Crippen LogP contribution in [-0.2, 0) is 23.0 Å². The summed E-state index contributed by atoms with van der Waals surface area (Å²) in [7, 11) is 1.30. The number of ketones is 1. The molecule has 0 aliphatic carbocycles. The predicted molar refractivity (Wildman–Crippen MR) is 87.2 cm³/mol. The fraction of sp³-hybridized carbons (Fsp3) is 0.200. The van der Waals surface area contributed by atoms with E-state index in [1.807, 2.05) is 4.98 Å². The van der Waals surface area contributed by atoms with Gasteiger partial charge in [-0.3, -0.25) is 23.9 Å². The fourth-order valence-electron chi connectivity index (χ4n) is 1.97. The van der Waals surface area contributed by atoms with Crippen LogP contribution in [0, 0.1) is 0 Å². The molecule has 0 atom stereocenters. The number of nitrogens with two attached hydrogens (primary N) is 1. The van der Waals surface area contributed by atoms with Crippen molar-refractivity contribution in [2.45, 2.75) is 6.42 Å². The van der Waals surface area contributed by atoms with Gasteiger partial charge in [0.2, 0.25) is 5.78 Å². The van der Waals surface area contributed by atoms with Crippen LogP contribution in [0.5, 0.6) is 0 Å². The van der Waals surface area contributed by atoms with Gasteiger partial charge in [-0.15, -0.1) is 0 Å². The van der Waals surface area contributed by atoms with Crippen molar-refractivity contribution in [3.8, 4) is 0 Å². The number of nitrogen functional groups attached to an aromatic ring is 1. The Kier molecular flexibility index (Phi) is 5.20. The van der Waals surface area contributed by atoms with Gasteiger partial charge in [-0.05, 0) is 11.6 Å². The number of H-pyrrole nitrogens is 1. The lowest BCUT2D eigenvalue weighted by Gasteiger charge is -2.08. The van der Waals surface area contributed by atoms with E-state index in [0.29, 0.717) is 10.6 Å². The van der Waals surface area contributed by atoms with Crippen LogP contribution in [0.25, 0.3) is 0 Å². The molecule has 8 nitrogen and oxygen atoms in total. The Bertz CT molecular complexity index is 916. The molecule has 0 radical (unpaired) electrons. The number of rotatable bonds is 5. The summed E-state index contributed by atoms with van der Waals surface area (Å²) in [6.07, 6.45) is -0.119. The third-order valence-electron chi connectivity index (χ3n) is 3.31. The van der Waals surface area contributed by atoms with E-state index in [1.54, 1.807) is 24.3 Å². The van der Waals surface area contributed by atoms with Crippen molar-refractivity contribution in [2.75, 3.05) is 12.3 Å². The fourth-order valence-corrected chi connectivity index (χ4v) is 2.18. The molecule has 1 aromatic carbocycles. The number of anilines is 1. The molecule has 3 N–H and O–H groups in total. The quantitative estimate of drug-likeness (QED) is 0.589. The number of benzene rings is 1. The molecule has 2 aromatic rings. The van der Waals surface area contributed by atoms with Gasteiger partial charge in [-0.25, -0.2) is 4.79 Å². The van der Waals surface area contributed by atoms with Gasteiger partial charge in [-0.2, -0.15) is 0 Å². The number of esters is 1. The van der Waals surface area contributed by atoms with E-state index in [2.05, 4.69) is 0 Å². The second-order valence-corrected chi connectivity index (χ2v) is 5.34. The minimum absolute atomic E-state index is 0.119. The minimum atomic E-state index is -0.928. The number of aromatic nitrogens is 2. The number of ether oxygens (including phenoxy) is 1. The number of nitrogens with one attached hydrogen (secondary N) is 1. The number of hydrogen-bond acceptors (Lipinski definition) is 6. The van der Waals surface area contributed by atoms with Crippen LogP contribution in [0.2, 0.25) is 5.02 Å². The van der Waals surface area contributed by atoms with Gasteiger partial charge in [0.1, 0.15) is 11.4 Å². The van der Waals surface area contributed by atoms with E-state index >= 15 is 0 Å². The predicted octanol–water partition coefficient (Wildman–Crippen LogP) is 0.278. The van der Waals surface area contributed by atoms with Gasteiger partial charge in [0.25, 0.3) is 5.56 Å². The third-order valence-corrected chi connectivity index (χ3v) is 3.67. The van der Waals surface area contributed by atoms with Crippen molar-refractivity contribution in [1.29, 1.82) is 0 Å². The molecule has 0 aliphatic rings. The summed E-state index contributed by atoms with van der Waals surface area (Å²) in [5.41, 5.74) is 4.05. The Labute approximate surface area is 140 Å². The molecule has 9 heteroatoms. The van der Waals surface area contributed by atoms with E-state index in [-0.39, 0.29) is 12.2 Å². The molecule has 0 aliphatic heterocycles. The standard InChI is InChI=1S/C15H14ClN3O5/c1-19-13(17)12(14(22)18-15(19)23)10(20)7-24-11(21)6-8-4-2-3-5-9(8)16/h2-5H,6-7,17H2,1H3,(H,18,22,23). The second kappa shape index (κ2) is 7.14. The third kappa shape index (κ3) is 3.72. The first-order valence-electron chi connectivity index (χ1n) is 6.82. The van der Waals surface area contributed by atoms with E-state index in [9.17, 15) is 19.2 Å². The normalized spacial score (nSPS) is 10.4. The van der Waals surface area contributed by atoms with Gasteiger partial charge in [0.05, 0.1) is 6.42 Å². The highest BCUT2D eigenvalue weighted by atomic mass is 35.5. The Morgan fingerprint density at radius 2 is 1.96 bits per heavy atom. The van der Waals surface area contributed by atoms with E-state index < -0.39 is 35.2 Å². The topological polar surface area (TPSA) is 124 Å². The Hall–Kier alpha value is -2.87. The maximum Gasteiger partial charge on any atom is 0.329 e. The van der Waals surface area contributed by atoms with Crippen molar-refractivity contribution in [1.82, 2.24) is 9.55 Å². The minimum Gasteiger partial charge on any atom is -0.457 e. The Balaban J connectivity index is 2.08. The molecule has 0 unspecified atom stereocenters. The first kappa shape index (κ1) is 17.5. The number of aromatic amines is 1. The molecule has 0 bridgehead atoms. The number of Topliss-reactive ketones (excluding diaryl/α,β-unsaturated/α-hetero) is 1. The summed E-state index contributed by atoms with van der Waals surface area (Å²) in [4.78, 5) is 48.9. The zero-order chi connectivity index (χ0) is 17.9. The van der Waals surface area contributed by atoms with Gasteiger partial charge >= 0.3 is 11.7 Å². The van der Waals surface area contributed by atoms with Crippen LogP contribution in [0.4, 0.5) is 5.82 Å². The molecule has 0 saturated heterocycles. The maximum atomic E-state index is 12.1. The molecular weight excluding hydrogens is 338 g/mol. The van der Waals surface area contributed by atoms with E-state index in [4.69, 9.17) is 22.1 Å². The van der Waals surface area contributed by atoms with E-state index in [1.165, 1.54) is 7.05 Å². The molecule has 24 heavy (non-hydrogen) atoms. The highest BCUT2D eigenvalue weighted by Gasteiger charge is 2.19. The number of carbonyl (C=O) groups is 2. The second-order valence-electron chi connectivity index (χ2n) is 4.93. The van der Waals surface area contributed by atoms with Crippen LogP contribution in [0.3, 0.4) is 0 Å². The van der Waals surface area contributed by atoms with E-state index in [0.717, 1.165) is 4.57 Å². The summed E-state index contributed by atoms with van der Waals surface area (Å²) in [6, 6.07) is 6.71. The summed E-state index contributed by atoms with van der Waals surface area (Å²) >= 11 is 5.93. The summed E-state index contributed by atoms with van der Waals surface area (Å²) < 4.78 is 5.77. The number of nitrogens with zero attached hydrogens (tertiary/aromatic N) is 1. The van der Waals surface area contributed by atoms with Crippen LogP contribution < -0.4 is 17.0 Å². The zero-order valence-electron chi connectivity index (χ0n) is 12.7. The van der Waals surface area contributed by atoms with Gasteiger partial charge < -0.3 is 10.5 Å². The molecular formula is C15H14ClN3O5. The summed E-state index contributed by atoms with van der Waals surface area (Å²) in [5.74, 6) is -1.79. The average Bonchev–Trinajstić information content (AvgIpc) is 2.53. The van der Waals surface area contributed by atoms with Gasteiger partial charge in [-0.1, -0.05) is 29.8 Å². The molecule has 0 amide bonds. The van der Waals surface area contributed by atoms with Crippen molar-refractivity contribution in [2.24, 2.45) is 7.05 Å².